The molecule has 4 aromatic carbocycles. The molecule has 1 saturated heterocycles. The number of carbonyl (C=O) groups is 1. The predicted octanol–water partition coefficient (Wildman–Crippen LogP) is 7.74. The number of methoxy groups -OCH3 is 2. The van der Waals surface area contributed by atoms with Crippen LogP contribution in [0.2, 0.25) is 5.02 Å². The zero-order chi connectivity index (χ0) is 35.2. The fourth-order valence-corrected chi connectivity index (χ4v) is 7.94. The Bertz CT molecular complexity index is 1960. The molecule has 0 bridgehead atoms. The molecule has 2 aliphatic rings. The second-order valence-electron chi connectivity index (χ2n) is 12.7. The lowest BCUT2D eigenvalue weighted by atomic mass is 10.1. The zero-order valence-electron chi connectivity index (χ0n) is 29.0. The number of carbonyl (C=O) groups excluding carboxylic acids is 1. The maximum atomic E-state index is 13.5. The van der Waals surface area contributed by atoms with E-state index in [1.807, 2.05) is 54.6 Å². The van der Waals surface area contributed by atoms with Gasteiger partial charge in [0.1, 0.15) is 17.9 Å². The second-order valence-corrected chi connectivity index (χ2v) is 14.2. The van der Waals surface area contributed by atoms with E-state index in [2.05, 4.69) is 51.1 Å². The van der Waals surface area contributed by atoms with Gasteiger partial charge in [-0.15, -0.1) is 0 Å². The molecule has 0 unspecified atom stereocenters. The van der Waals surface area contributed by atoms with Gasteiger partial charge in [0.05, 0.1) is 32.1 Å². The van der Waals surface area contributed by atoms with E-state index in [4.69, 9.17) is 30.9 Å². The quantitative estimate of drug-likeness (QED) is 0.114. The third-order valence-corrected chi connectivity index (χ3v) is 10.7. The van der Waals surface area contributed by atoms with Gasteiger partial charge in [-0.2, -0.15) is 5.10 Å². The number of hydrogen-bond acceptors (Lipinski definition) is 9. The highest BCUT2D eigenvalue weighted by atomic mass is 35.5. The monoisotopic (exact) mass is 723 g/mol. The number of para-hydroxylation sites is 1. The Labute approximate surface area is 308 Å². The van der Waals surface area contributed by atoms with Crippen LogP contribution in [0.1, 0.15) is 22.3 Å². The summed E-state index contributed by atoms with van der Waals surface area (Å²) in [6, 6.07) is 30.4. The Hall–Kier alpha value is -4.48. The number of esters is 1. The van der Waals surface area contributed by atoms with E-state index >= 15 is 0 Å². The molecule has 1 aromatic heterocycles. The van der Waals surface area contributed by atoms with E-state index in [1.54, 1.807) is 36.9 Å². The predicted molar refractivity (Wildman–Crippen MR) is 203 cm³/mol. The lowest BCUT2D eigenvalue weighted by Gasteiger charge is -2.36. The van der Waals surface area contributed by atoms with Crippen molar-refractivity contribution in [1.82, 2.24) is 19.6 Å². The number of ether oxygens (including phenoxy) is 3. The molecule has 0 atom stereocenters. The number of nitrogens with zero attached hydrogens (tertiary/aromatic N) is 5. The molecule has 3 heterocycles. The number of aromatic nitrogens is 2. The SMILES string of the molecule is COc1ccc(-c2nn(Cc3ccccc3)cc2C(=O)OCCN2CCN(CCCN3c4ccccc4Sc4ccc(Cl)cc43)CC2)cc1OC. The van der Waals surface area contributed by atoms with Gasteiger partial charge in [0.15, 0.2) is 11.5 Å². The maximum Gasteiger partial charge on any atom is 0.342 e. The summed E-state index contributed by atoms with van der Waals surface area (Å²) < 4.78 is 18.6. The summed E-state index contributed by atoms with van der Waals surface area (Å²) >= 11 is 8.22. The Morgan fingerprint density at radius 1 is 0.784 bits per heavy atom. The maximum absolute atomic E-state index is 13.5. The summed E-state index contributed by atoms with van der Waals surface area (Å²) in [6.07, 6.45) is 2.82. The average Bonchev–Trinajstić information content (AvgIpc) is 3.59. The van der Waals surface area contributed by atoms with E-state index in [1.165, 1.54) is 21.2 Å². The number of rotatable bonds is 13. The number of benzene rings is 4. The van der Waals surface area contributed by atoms with Crippen molar-refractivity contribution in [3.63, 3.8) is 0 Å². The van der Waals surface area contributed by atoms with Crippen molar-refractivity contribution in [2.45, 2.75) is 22.8 Å². The molecule has 0 aliphatic carbocycles. The minimum atomic E-state index is -0.390. The van der Waals surface area contributed by atoms with Crippen LogP contribution in [0.5, 0.6) is 11.5 Å². The second kappa shape index (κ2) is 16.2. The van der Waals surface area contributed by atoms with Crippen molar-refractivity contribution >= 4 is 40.7 Å². The molecule has 11 heteroatoms. The summed E-state index contributed by atoms with van der Waals surface area (Å²) in [5.41, 5.74) is 5.23. The van der Waals surface area contributed by atoms with Crippen LogP contribution in [0.25, 0.3) is 11.3 Å². The van der Waals surface area contributed by atoms with Gasteiger partial charge in [0.25, 0.3) is 0 Å². The van der Waals surface area contributed by atoms with E-state index < -0.39 is 5.97 Å². The highest BCUT2D eigenvalue weighted by Gasteiger charge is 2.25. The van der Waals surface area contributed by atoms with E-state index in [-0.39, 0.29) is 0 Å². The molecular formula is C40H42ClN5O4S. The highest BCUT2D eigenvalue weighted by Crippen LogP contribution is 2.48. The summed E-state index contributed by atoms with van der Waals surface area (Å²) in [6.45, 7) is 7.31. The lowest BCUT2D eigenvalue weighted by Crippen LogP contribution is -2.47. The van der Waals surface area contributed by atoms with Crippen LogP contribution >= 0.6 is 23.4 Å². The molecule has 0 N–H and O–H groups in total. The molecular weight excluding hydrogens is 682 g/mol. The smallest absolute Gasteiger partial charge is 0.342 e. The third-order valence-electron chi connectivity index (χ3n) is 9.38. The summed E-state index contributed by atoms with van der Waals surface area (Å²) in [7, 11) is 3.19. The van der Waals surface area contributed by atoms with Gasteiger partial charge < -0.3 is 24.0 Å². The highest BCUT2D eigenvalue weighted by molar-refractivity contribution is 7.99. The minimum absolute atomic E-state index is 0.308. The largest absolute Gasteiger partial charge is 0.493 e. The fraction of sp³-hybridized carbons (Fsp3) is 0.300. The normalized spacial score (nSPS) is 14.5. The van der Waals surface area contributed by atoms with E-state index in [0.29, 0.717) is 42.5 Å². The molecule has 51 heavy (non-hydrogen) atoms. The van der Waals surface area contributed by atoms with E-state index in [0.717, 1.165) is 61.8 Å². The first-order valence-electron chi connectivity index (χ1n) is 17.3. The lowest BCUT2D eigenvalue weighted by molar-refractivity contribution is 0.0423. The molecule has 0 spiro atoms. The topological polar surface area (TPSA) is 72.3 Å². The zero-order valence-corrected chi connectivity index (χ0v) is 30.5. The number of piperazine rings is 1. The molecule has 264 valence electrons. The summed E-state index contributed by atoms with van der Waals surface area (Å²) in [5, 5.41) is 5.57. The minimum Gasteiger partial charge on any atom is -0.493 e. The molecule has 0 saturated carbocycles. The molecule has 0 amide bonds. The van der Waals surface area contributed by atoms with Crippen molar-refractivity contribution < 1.29 is 19.0 Å². The standard InChI is InChI=1S/C40H42ClN5O4S/c1-48-35-15-13-30(25-36(35)49-2)39-32(28-45(42-39)27-29-9-4-3-5-10-29)40(47)50-24-23-44-21-19-43(20-22-44)17-8-18-46-33-11-6-7-12-37(33)51-38-16-14-31(41)26-34(38)46/h3-7,9-16,25-26,28H,8,17-24,27H2,1-2H3. The molecule has 0 radical (unpaired) electrons. The average molecular weight is 724 g/mol. The van der Waals surface area contributed by atoms with Crippen molar-refractivity contribution in [1.29, 1.82) is 0 Å². The number of fused-ring (bicyclic) bond motifs is 2. The van der Waals surface area contributed by atoms with Crippen molar-refractivity contribution in [3.05, 3.63) is 113 Å². The first kappa shape index (κ1) is 34.9. The van der Waals surface area contributed by atoms with Gasteiger partial charge in [-0.25, -0.2) is 4.79 Å². The summed E-state index contributed by atoms with van der Waals surface area (Å²) in [5.74, 6) is 0.785. The molecule has 1 fully saturated rings. The van der Waals surface area contributed by atoms with Crippen molar-refractivity contribution in [2.75, 3.05) is 71.5 Å². The fourth-order valence-electron chi connectivity index (χ4n) is 6.70. The van der Waals surface area contributed by atoms with Crippen LogP contribution in [0.4, 0.5) is 11.4 Å². The Balaban J connectivity index is 0.923. The van der Waals surface area contributed by atoms with Crippen LogP contribution in [0.15, 0.2) is 107 Å². The van der Waals surface area contributed by atoms with E-state index in [9.17, 15) is 4.79 Å². The van der Waals surface area contributed by atoms with Crippen LogP contribution in [-0.2, 0) is 11.3 Å². The number of hydrogen-bond donors (Lipinski definition) is 0. The molecule has 5 aromatic rings. The van der Waals surface area contributed by atoms with Gasteiger partial charge in [-0.05, 0) is 67.1 Å². The number of halogens is 1. The van der Waals surface area contributed by atoms with Gasteiger partial charge >= 0.3 is 5.97 Å². The van der Waals surface area contributed by atoms with Crippen LogP contribution < -0.4 is 14.4 Å². The van der Waals surface area contributed by atoms with Crippen LogP contribution in [0.3, 0.4) is 0 Å². The molecule has 2 aliphatic heterocycles. The van der Waals surface area contributed by atoms with Crippen LogP contribution in [-0.4, -0.2) is 92.2 Å². The van der Waals surface area contributed by atoms with Gasteiger partial charge in [-0.1, -0.05) is 65.8 Å². The Morgan fingerprint density at radius 2 is 1.51 bits per heavy atom. The Kier molecular flexibility index (Phi) is 11.1. The number of anilines is 2. The Morgan fingerprint density at radius 3 is 2.29 bits per heavy atom. The van der Waals surface area contributed by atoms with Crippen LogP contribution in [0, 0.1) is 0 Å². The van der Waals surface area contributed by atoms with Gasteiger partial charge in [-0.3, -0.25) is 9.58 Å². The molecule has 7 rings (SSSR count). The van der Waals surface area contributed by atoms with Gasteiger partial charge in [0.2, 0.25) is 0 Å². The van der Waals surface area contributed by atoms with Crippen molar-refractivity contribution in [2.24, 2.45) is 0 Å². The summed E-state index contributed by atoms with van der Waals surface area (Å²) in [4.78, 5) is 23.4. The van der Waals surface area contributed by atoms with Crippen molar-refractivity contribution in [3.8, 4) is 22.8 Å². The molecule has 9 nitrogen and oxygen atoms in total. The first-order chi connectivity index (χ1) is 25.0. The first-order valence-corrected chi connectivity index (χ1v) is 18.5. The third kappa shape index (κ3) is 8.20. The van der Waals surface area contributed by atoms with Gasteiger partial charge in [0, 0.05) is 65.8 Å².